The van der Waals surface area contributed by atoms with Gasteiger partial charge in [0.05, 0.1) is 5.69 Å². The van der Waals surface area contributed by atoms with Gasteiger partial charge in [0, 0.05) is 6.20 Å². The van der Waals surface area contributed by atoms with Gasteiger partial charge in [0.15, 0.2) is 5.82 Å². The van der Waals surface area contributed by atoms with E-state index in [2.05, 4.69) is 23.9 Å². The van der Waals surface area contributed by atoms with Gasteiger partial charge in [-0.3, -0.25) is 9.89 Å². The maximum Gasteiger partial charge on any atom is 0.296 e. The molecule has 0 aliphatic heterocycles. The minimum Gasteiger partial charge on any atom is -0.393 e. The predicted molar refractivity (Wildman–Crippen MR) is 67.1 cm³/mol. The summed E-state index contributed by atoms with van der Waals surface area (Å²) in [6.45, 7) is 4.16. The SMILES string of the molecule is CC(C)Cc1[nH]n(-c2ccccn2)c(=O)c1N. The summed E-state index contributed by atoms with van der Waals surface area (Å²) in [5.74, 6) is 0.992. The summed E-state index contributed by atoms with van der Waals surface area (Å²) in [4.78, 5) is 16.1. The Balaban J connectivity index is 2.47. The van der Waals surface area contributed by atoms with Crippen LogP contribution in [0.15, 0.2) is 29.2 Å². The average Bonchev–Trinajstić information content (AvgIpc) is 2.58. The van der Waals surface area contributed by atoms with E-state index in [0.717, 1.165) is 12.1 Å². The van der Waals surface area contributed by atoms with Gasteiger partial charge in [-0.25, -0.2) is 4.98 Å². The van der Waals surface area contributed by atoms with Gasteiger partial charge in [-0.1, -0.05) is 19.9 Å². The standard InChI is InChI=1S/C12H16N4O/c1-8(2)7-9-11(13)12(17)16(15-9)10-5-3-4-6-14-10/h3-6,8,15H,7,13H2,1-2H3. The summed E-state index contributed by atoms with van der Waals surface area (Å²) < 4.78 is 1.38. The number of nitrogens with zero attached hydrogens (tertiary/aromatic N) is 2. The predicted octanol–water partition coefficient (Wildman–Crippen LogP) is 1.34. The van der Waals surface area contributed by atoms with Crippen LogP contribution in [0.25, 0.3) is 5.82 Å². The first-order valence-electron chi connectivity index (χ1n) is 5.60. The van der Waals surface area contributed by atoms with Crippen LogP contribution in [0.5, 0.6) is 0 Å². The Morgan fingerprint density at radius 2 is 2.24 bits per heavy atom. The van der Waals surface area contributed by atoms with Crippen molar-refractivity contribution in [1.82, 2.24) is 14.8 Å². The van der Waals surface area contributed by atoms with Crippen molar-refractivity contribution in [1.29, 1.82) is 0 Å². The lowest BCUT2D eigenvalue weighted by Gasteiger charge is -2.02. The van der Waals surface area contributed by atoms with Crippen molar-refractivity contribution >= 4 is 5.69 Å². The van der Waals surface area contributed by atoms with Crippen molar-refractivity contribution in [2.45, 2.75) is 20.3 Å². The van der Waals surface area contributed by atoms with E-state index in [-0.39, 0.29) is 11.2 Å². The topological polar surface area (TPSA) is 76.7 Å². The molecule has 0 radical (unpaired) electrons. The number of rotatable bonds is 3. The highest BCUT2D eigenvalue weighted by Gasteiger charge is 2.13. The van der Waals surface area contributed by atoms with Crippen molar-refractivity contribution in [3.8, 4) is 5.82 Å². The lowest BCUT2D eigenvalue weighted by molar-refractivity contribution is 0.627. The van der Waals surface area contributed by atoms with Crippen LogP contribution in [0.2, 0.25) is 0 Å². The smallest absolute Gasteiger partial charge is 0.296 e. The van der Waals surface area contributed by atoms with Crippen molar-refractivity contribution in [3.05, 3.63) is 40.4 Å². The number of nitrogens with two attached hydrogens (primary N) is 1. The monoisotopic (exact) mass is 232 g/mol. The second-order valence-corrected chi connectivity index (χ2v) is 4.43. The van der Waals surface area contributed by atoms with Gasteiger partial charge in [-0.05, 0) is 24.5 Å². The van der Waals surface area contributed by atoms with Crippen LogP contribution in [0.4, 0.5) is 5.69 Å². The summed E-state index contributed by atoms with van der Waals surface area (Å²) in [6, 6.07) is 5.39. The van der Waals surface area contributed by atoms with Crippen LogP contribution in [0.3, 0.4) is 0 Å². The minimum atomic E-state index is -0.237. The van der Waals surface area contributed by atoms with E-state index in [0.29, 0.717) is 11.7 Å². The van der Waals surface area contributed by atoms with Gasteiger partial charge in [0.2, 0.25) is 0 Å². The van der Waals surface area contributed by atoms with Gasteiger partial charge in [-0.15, -0.1) is 0 Å². The van der Waals surface area contributed by atoms with Gasteiger partial charge in [0.1, 0.15) is 5.69 Å². The third-order valence-corrected chi connectivity index (χ3v) is 2.50. The number of nitrogens with one attached hydrogen (secondary N) is 1. The van der Waals surface area contributed by atoms with E-state index in [1.165, 1.54) is 4.68 Å². The Morgan fingerprint density at radius 3 is 2.82 bits per heavy atom. The fourth-order valence-corrected chi connectivity index (χ4v) is 1.71. The van der Waals surface area contributed by atoms with Crippen molar-refractivity contribution in [2.24, 2.45) is 5.92 Å². The van der Waals surface area contributed by atoms with Gasteiger partial charge < -0.3 is 5.73 Å². The molecule has 0 atom stereocenters. The van der Waals surface area contributed by atoms with E-state index in [9.17, 15) is 4.79 Å². The first-order valence-corrected chi connectivity index (χ1v) is 5.60. The Labute approximate surface area is 99.3 Å². The van der Waals surface area contributed by atoms with E-state index < -0.39 is 0 Å². The molecule has 0 amide bonds. The number of H-pyrrole nitrogens is 1. The van der Waals surface area contributed by atoms with E-state index in [1.807, 2.05) is 6.07 Å². The molecule has 2 aromatic heterocycles. The second kappa shape index (κ2) is 4.45. The molecule has 2 aromatic rings. The van der Waals surface area contributed by atoms with Crippen molar-refractivity contribution in [3.63, 3.8) is 0 Å². The molecule has 0 saturated carbocycles. The molecule has 2 rings (SSSR count). The second-order valence-electron chi connectivity index (χ2n) is 4.43. The first kappa shape index (κ1) is 11.4. The number of pyridine rings is 1. The number of nitrogen functional groups attached to an aromatic ring is 1. The van der Waals surface area contributed by atoms with Crippen LogP contribution >= 0.6 is 0 Å². The third kappa shape index (κ3) is 2.22. The zero-order valence-corrected chi connectivity index (χ0v) is 9.97. The highest BCUT2D eigenvalue weighted by atomic mass is 16.1. The Kier molecular flexibility index (Phi) is 2.99. The average molecular weight is 232 g/mol. The minimum absolute atomic E-state index is 0.237. The van der Waals surface area contributed by atoms with E-state index in [4.69, 9.17) is 5.73 Å². The summed E-state index contributed by atoms with van der Waals surface area (Å²) in [5, 5.41) is 3.01. The largest absolute Gasteiger partial charge is 0.393 e. The molecule has 0 unspecified atom stereocenters. The molecule has 0 fully saturated rings. The molecule has 90 valence electrons. The Hall–Kier alpha value is -2.04. The number of anilines is 1. The number of aromatic nitrogens is 3. The summed E-state index contributed by atoms with van der Waals surface area (Å²) in [5.41, 5.74) is 6.62. The number of aromatic amines is 1. The van der Waals surface area contributed by atoms with E-state index in [1.54, 1.807) is 18.3 Å². The summed E-state index contributed by atoms with van der Waals surface area (Å²) in [6.07, 6.45) is 2.39. The number of hydrogen-bond acceptors (Lipinski definition) is 3. The van der Waals surface area contributed by atoms with Crippen molar-refractivity contribution in [2.75, 3.05) is 5.73 Å². The molecule has 0 aromatic carbocycles. The molecule has 0 aliphatic carbocycles. The van der Waals surface area contributed by atoms with Gasteiger partial charge in [-0.2, -0.15) is 4.68 Å². The Morgan fingerprint density at radius 1 is 1.47 bits per heavy atom. The maximum absolute atomic E-state index is 11.9. The highest BCUT2D eigenvalue weighted by Crippen LogP contribution is 2.11. The zero-order valence-electron chi connectivity index (χ0n) is 9.97. The van der Waals surface area contributed by atoms with E-state index >= 15 is 0 Å². The molecule has 17 heavy (non-hydrogen) atoms. The summed E-state index contributed by atoms with van der Waals surface area (Å²) in [7, 11) is 0. The van der Waals surface area contributed by atoms with Crippen molar-refractivity contribution < 1.29 is 0 Å². The lowest BCUT2D eigenvalue weighted by Crippen LogP contribution is -2.17. The molecule has 2 heterocycles. The summed E-state index contributed by atoms with van der Waals surface area (Å²) >= 11 is 0. The highest BCUT2D eigenvalue weighted by molar-refractivity contribution is 5.43. The fourth-order valence-electron chi connectivity index (χ4n) is 1.71. The zero-order chi connectivity index (χ0) is 12.4. The molecule has 0 spiro atoms. The molecule has 5 heteroatoms. The normalized spacial score (nSPS) is 11.0. The number of hydrogen-bond donors (Lipinski definition) is 2. The molecule has 0 saturated heterocycles. The van der Waals surface area contributed by atoms with Crippen LogP contribution in [0, 0.1) is 5.92 Å². The first-order chi connectivity index (χ1) is 8.09. The third-order valence-electron chi connectivity index (χ3n) is 2.50. The van der Waals surface area contributed by atoms with Crippen LogP contribution in [-0.4, -0.2) is 14.8 Å². The lowest BCUT2D eigenvalue weighted by atomic mass is 10.1. The molecule has 5 nitrogen and oxygen atoms in total. The maximum atomic E-state index is 11.9. The van der Waals surface area contributed by atoms with Gasteiger partial charge in [0.25, 0.3) is 5.56 Å². The molecule has 3 N–H and O–H groups in total. The molecular formula is C12H16N4O. The fraction of sp³-hybridized carbons (Fsp3) is 0.333. The quantitative estimate of drug-likeness (QED) is 0.838. The van der Waals surface area contributed by atoms with Gasteiger partial charge >= 0.3 is 0 Å². The molecular weight excluding hydrogens is 216 g/mol. The van der Waals surface area contributed by atoms with Crippen LogP contribution in [0.1, 0.15) is 19.5 Å². The van der Waals surface area contributed by atoms with Crippen LogP contribution in [-0.2, 0) is 6.42 Å². The molecule has 0 aliphatic rings. The Bertz CT molecular complexity index is 554. The molecule has 0 bridgehead atoms. The van der Waals surface area contributed by atoms with Crippen LogP contribution < -0.4 is 11.3 Å².